The molecule has 1 saturated heterocycles. The SMILES string of the molecule is CC/C=C\C/C=C\C/C=C\C/C=C\C/C=C\C/C=C\C/C=C\C/C=C\CCCCCCCCCCCCCCCCCCC(=O)NC(COC1OC(CO)C(O)C(O)C1O)C(O)CCCCCCCCCCCCCCCCCCC. The highest BCUT2D eigenvalue weighted by atomic mass is 16.7. The van der Waals surface area contributed by atoms with Gasteiger partial charge in [-0.15, -0.1) is 0 Å². The fourth-order valence-corrected chi connectivity index (χ4v) is 10.4. The molecular formula is C72H127NO8. The topological polar surface area (TPSA) is 149 Å². The molecule has 1 fully saturated rings. The molecule has 9 heteroatoms. The maximum Gasteiger partial charge on any atom is 0.220 e. The molecule has 0 spiro atoms. The van der Waals surface area contributed by atoms with E-state index >= 15 is 0 Å². The van der Waals surface area contributed by atoms with Gasteiger partial charge in [-0.3, -0.25) is 4.79 Å². The minimum absolute atomic E-state index is 0.139. The summed E-state index contributed by atoms with van der Waals surface area (Å²) >= 11 is 0. The normalized spacial score (nSPS) is 19.0. The first-order valence-electron chi connectivity index (χ1n) is 33.9. The zero-order valence-electron chi connectivity index (χ0n) is 52.3. The van der Waals surface area contributed by atoms with E-state index in [-0.39, 0.29) is 12.5 Å². The Morgan fingerprint density at radius 3 is 1.14 bits per heavy atom. The molecule has 7 unspecified atom stereocenters. The quantitative estimate of drug-likeness (QED) is 0.0261. The maximum absolute atomic E-state index is 13.1. The molecule has 6 N–H and O–H groups in total. The monoisotopic (exact) mass is 1130 g/mol. The first-order valence-corrected chi connectivity index (χ1v) is 33.9. The lowest BCUT2D eigenvalue weighted by molar-refractivity contribution is -0.302. The van der Waals surface area contributed by atoms with Crippen molar-refractivity contribution in [1.29, 1.82) is 0 Å². The van der Waals surface area contributed by atoms with Crippen molar-refractivity contribution in [2.75, 3.05) is 13.2 Å². The standard InChI is InChI=1S/C72H127NO8/c1-3-5-7-9-11-13-15-17-19-21-22-23-24-25-26-27-28-29-30-31-32-33-34-35-36-37-38-39-40-41-42-43-44-46-48-50-52-54-56-58-60-62-68(76)73-65(64-80-72-71(79)70(78)69(77)67(63-74)81-72)66(75)61-59-57-55-53-51-49-47-45-20-18-16-14-12-10-8-6-4-2/h5,7,11,13,17,19,22-23,25-26,28-29,31-32,34-35,65-67,69-72,74-75,77-79H,3-4,6,8-10,12,14-16,18,20-21,24,27,30,33,36-64H2,1-2H3,(H,73,76)/b7-5-,13-11-,19-17-,23-22-,26-25-,29-28-,32-31-,35-34-. The van der Waals surface area contributed by atoms with Crippen molar-refractivity contribution >= 4 is 5.91 Å². The largest absolute Gasteiger partial charge is 0.394 e. The van der Waals surface area contributed by atoms with Crippen molar-refractivity contribution in [2.24, 2.45) is 0 Å². The molecule has 1 aliphatic rings. The van der Waals surface area contributed by atoms with Gasteiger partial charge in [0, 0.05) is 6.42 Å². The summed E-state index contributed by atoms with van der Waals surface area (Å²) in [5.41, 5.74) is 0. The fourth-order valence-electron chi connectivity index (χ4n) is 10.4. The van der Waals surface area contributed by atoms with Gasteiger partial charge in [-0.05, 0) is 77.0 Å². The number of ether oxygens (including phenoxy) is 2. The third-order valence-corrected chi connectivity index (χ3v) is 15.7. The molecule has 1 amide bonds. The zero-order chi connectivity index (χ0) is 58.6. The first-order chi connectivity index (χ1) is 39.8. The fraction of sp³-hybridized carbons (Fsp3) is 0.764. The number of hydrogen-bond donors (Lipinski definition) is 6. The van der Waals surface area contributed by atoms with E-state index in [1.165, 1.54) is 180 Å². The lowest BCUT2D eigenvalue weighted by atomic mass is 9.99. The molecule has 1 aliphatic heterocycles. The lowest BCUT2D eigenvalue weighted by Crippen LogP contribution is -2.60. The molecule has 0 aromatic carbocycles. The molecule has 468 valence electrons. The Hall–Kier alpha value is -2.89. The summed E-state index contributed by atoms with van der Waals surface area (Å²) in [7, 11) is 0. The van der Waals surface area contributed by atoms with Crippen LogP contribution in [-0.2, 0) is 14.3 Å². The number of hydrogen-bond acceptors (Lipinski definition) is 8. The predicted octanol–water partition coefficient (Wildman–Crippen LogP) is 18.3. The number of unbranched alkanes of at least 4 members (excludes halogenated alkanes) is 32. The Morgan fingerprint density at radius 2 is 0.765 bits per heavy atom. The Labute approximate surface area is 498 Å². The van der Waals surface area contributed by atoms with E-state index in [0.29, 0.717) is 12.8 Å². The Kier molecular flexibility index (Phi) is 56.6. The van der Waals surface area contributed by atoms with Gasteiger partial charge in [0.25, 0.3) is 0 Å². The summed E-state index contributed by atoms with van der Waals surface area (Å²) in [4.78, 5) is 13.1. The van der Waals surface area contributed by atoms with Crippen molar-refractivity contribution in [3.63, 3.8) is 0 Å². The van der Waals surface area contributed by atoms with E-state index in [2.05, 4.69) is 116 Å². The highest BCUT2D eigenvalue weighted by Crippen LogP contribution is 2.23. The summed E-state index contributed by atoms with van der Waals surface area (Å²) in [6.45, 7) is 3.74. The smallest absolute Gasteiger partial charge is 0.220 e. The van der Waals surface area contributed by atoms with Gasteiger partial charge in [-0.25, -0.2) is 0 Å². The van der Waals surface area contributed by atoms with Crippen LogP contribution in [-0.4, -0.2) is 87.5 Å². The predicted molar refractivity (Wildman–Crippen MR) is 345 cm³/mol. The third kappa shape index (κ3) is 49.1. The van der Waals surface area contributed by atoms with Gasteiger partial charge in [0.05, 0.1) is 25.4 Å². The van der Waals surface area contributed by atoms with Crippen LogP contribution in [0, 0.1) is 0 Å². The van der Waals surface area contributed by atoms with Crippen LogP contribution in [0.5, 0.6) is 0 Å². The lowest BCUT2D eigenvalue weighted by Gasteiger charge is -2.40. The third-order valence-electron chi connectivity index (χ3n) is 15.7. The van der Waals surface area contributed by atoms with Gasteiger partial charge in [-0.2, -0.15) is 0 Å². The summed E-state index contributed by atoms with van der Waals surface area (Å²) in [5, 5.41) is 54.8. The highest BCUT2D eigenvalue weighted by Gasteiger charge is 2.44. The van der Waals surface area contributed by atoms with E-state index in [0.717, 1.165) is 89.9 Å². The molecule has 1 rings (SSSR count). The van der Waals surface area contributed by atoms with Crippen LogP contribution in [0.4, 0.5) is 0 Å². The molecule has 0 saturated carbocycles. The molecule has 1 heterocycles. The van der Waals surface area contributed by atoms with Crippen molar-refractivity contribution in [3.8, 4) is 0 Å². The minimum Gasteiger partial charge on any atom is -0.394 e. The summed E-state index contributed by atoms with van der Waals surface area (Å²) in [5.74, 6) is -0.143. The van der Waals surface area contributed by atoms with E-state index in [9.17, 15) is 30.3 Å². The maximum atomic E-state index is 13.1. The number of nitrogens with one attached hydrogen (secondary N) is 1. The van der Waals surface area contributed by atoms with Crippen molar-refractivity contribution in [2.45, 2.75) is 339 Å². The van der Waals surface area contributed by atoms with Crippen LogP contribution in [0.15, 0.2) is 97.2 Å². The van der Waals surface area contributed by atoms with Crippen molar-refractivity contribution in [1.82, 2.24) is 5.32 Å². The van der Waals surface area contributed by atoms with Crippen LogP contribution < -0.4 is 5.32 Å². The molecule has 81 heavy (non-hydrogen) atoms. The van der Waals surface area contributed by atoms with Gasteiger partial charge in [0.2, 0.25) is 5.91 Å². The summed E-state index contributed by atoms with van der Waals surface area (Å²) in [6.07, 6.45) is 80.3. The first kappa shape index (κ1) is 76.1. The average molecular weight is 1130 g/mol. The second-order valence-corrected chi connectivity index (χ2v) is 23.2. The summed E-state index contributed by atoms with van der Waals surface area (Å²) < 4.78 is 11.3. The molecule has 0 aromatic heterocycles. The number of aliphatic hydroxyl groups is 5. The van der Waals surface area contributed by atoms with Crippen LogP contribution in [0.2, 0.25) is 0 Å². The van der Waals surface area contributed by atoms with Gasteiger partial charge >= 0.3 is 0 Å². The number of amides is 1. The number of carbonyl (C=O) groups excluding carboxylic acids is 1. The Balaban J connectivity index is 2.08. The minimum atomic E-state index is -1.56. The van der Waals surface area contributed by atoms with Crippen LogP contribution >= 0.6 is 0 Å². The molecule has 0 radical (unpaired) electrons. The number of allylic oxidation sites excluding steroid dienone is 16. The molecule has 0 aromatic rings. The second kappa shape index (κ2) is 60.2. The van der Waals surface area contributed by atoms with Gasteiger partial charge < -0.3 is 40.3 Å². The number of rotatable bonds is 58. The van der Waals surface area contributed by atoms with Crippen LogP contribution in [0.1, 0.15) is 296 Å². The Bertz CT molecular complexity index is 1600. The van der Waals surface area contributed by atoms with E-state index in [4.69, 9.17) is 9.47 Å². The Morgan fingerprint density at radius 1 is 0.432 bits per heavy atom. The number of aliphatic hydroxyl groups excluding tert-OH is 5. The van der Waals surface area contributed by atoms with Crippen LogP contribution in [0.3, 0.4) is 0 Å². The van der Waals surface area contributed by atoms with Gasteiger partial charge in [0.1, 0.15) is 24.4 Å². The van der Waals surface area contributed by atoms with E-state index in [1.807, 2.05) is 0 Å². The van der Waals surface area contributed by atoms with Gasteiger partial charge in [0.15, 0.2) is 6.29 Å². The van der Waals surface area contributed by atoms with Gasteiger partial charge in [-0.1, -0.05) is 310 Å². The van der Waals surface area contributed by atoms with Crippen LogP contribution in [0.25, 0.3) is 0 Å². The summed E-state index contributed by atoms with van der Waals surface area (Å²) in [6, 6.07) is -0.723. The van der Waals surface area contributed by atoms with Crippen molar-refractivity contribution in [3.05, 3.63) is 97.2 Å². The second-order valence-electron chi connectivity index (χ2n) is 23.2. The highest BCUT2D eigenvalue weighted by molar-refractivity contribution is 5.76. The molecule has 0 bridgehead atoms. The molecular weight excluding hydrogens is 1010 g/mol. The van der Waals surface area contributed by atoms with E-state index in [1.54, 1.807) is 0 Å². The zero-order valence-corrected chi connectivity index (χ0v) is 52.3. The van der Waals surface area contributed by atoms with E-state index < -0.39 is 49.5 Å². The molecule has 9 nitrogen and oxygen atoms in total. The molecule has 7 atom stereocenters. The number of carbonyl (C=O) groups is 1. The average Bonchev–Trinajstić information content (AvgIpc) is 3.49. The van der Waals surface area contributed by atoms with Crippen molar-refractivity contribution < 1.29 is 39.8 Å². The molecule has 0 aliphatic carbocycles.